The second-order valence-corrected chi connectivity index (χ2v) is 10.7. The number of carbonyl (C=O) groups excluding carboxylic acids is 2. The number of rotatable bonds is 4. The van der Waals surface area contributed by atoms with Crippen LogP contribution in [0.2, 0.25) is 5.02 Å². The van der Waals surface area contributed by atoms with Crippen molar-refractivity contribution in [1.29, 1.82) is 0 Å². The fraction of sp³-hybridized carbons (Fsp3) is 0.364. The van der Waals surface area contributed by atoms with E-state index in [0.717, 1.165) is 21.1 Å². The number of fused-ring (bicyclic) bond motifs is 1. The number of carbonyl (C=O) groups is 2. The Morgan fingerprint density at radius 3 is 2.78 bits per heavy atom. The number of thiazole rings is 2. The van der Waals surface area contributed by atoms with Crippen LogP contribution in [0.4, 0.5) is 9.93 Å². The van der Waals surface area contributed by atoms with Gasteiger partial charge >= 0.3 is 6.09 Å². The monoisotopic (exact) mass is 490 g/mol. The number of anilines is 1. The fourth-order valence-corrected chi connectivity index (χ4v) is 5.39. The molecule has 1 aliphatic rings. The van der Waals surface area contributed by atoms with Crippen molar-refractivity contribution in [2.24, 2.45) is 0 Å². The molecule has 1 N–H and O–H groups in total. The van der Waals surface area contributed by atoms with Gasteiger partial charge in [0.1, 0.15) is 10.6 Å². The molecule has 7 nitrogen and oxygen atoms in total. The lowest BCUT2D eigenvalue weighted by Gasteiger charge is -2.29. The zero-order valence-corrected chi connectivity index (χ0v) is 20.4. The van der Waals surface area contributed by atoms with E-state index in [-0.39, 0.29) is 18.4 Å². The summed E-state index contributed by atoms with van der Waals surface area (Å²) >= 11 is 9.09. The Hall–Kier alpha value is -2.49. The molecule has 0 aliphatic carbocycles. The van der Waals surface area contributed by atoms with Crippen LogP contribution in [0.3, 0.4) is 0 Å². The van der Waals surface area contributed by atoms with Crippen molar-refractivity contribution in [3.8, 4) is 10.6 Å². The van der Waals surface area contributed by atoms with E-state index in [9.17, 15) is 9.59 Å². The van der Waals surface area contributed by atoms with Crippen molar-refractivity contribution in [3.05, 3.63) is 50.9 Å². The van der Waals surface area contributed by atoms with E-state index in [4.69, 9.17) is 16.3 Å². The van der Waals surface area contributed by atoms with Gasteiger partial charge in [-0.25, -0.2) is 14.8 Å². The molecule has 0 saturated carbocycles. The molecule has 1 aromatic carbocycles. The summed E-state index contributed by atoms with van der Waals surface area (Å²) in [6, 6.07) is 7.50. The SMILES string of the molecule is CC(C)(C)OC(=O)N1CCc2nc(NC(=O)Cc3csc(-c4ccccc4Cl)n3)sc2C1. The van der Waals surface area contributed by atoms with Crippen molar-refractivity contribution in [2.45, 2.75) is 45.8 Å². The molecule has 3 aromatic rings. The maximum absolute atomic E-state index is 12.5. The van der Waals surface area contributed by atoms with Crippen LogP contribution in [-0.4, -0.2) is 39.0 Å². The number of nitrogens with one attached hydrogen (secondary N) is 1. The van der Waals surface area contributed by atoms with Crippen molar-refractivity contribution in [2.75, 3.05) is 11.9 Å². The van der Waals surface area contributed by atoms with Crippen LogP contribution in [0.5, 0.6) is 0 Å². The normalized spacial score (nSPS) is 13.6. The van der Waals surface area contributed by atoms with E-state index in [0.29, 0.717) is 35.4 Å². The van der Waals surface area contributed by atoms with Gasteiger partial charge in [-0.2, -0.15) is 0 Å². The van der Waals surface area contributed by atoms with E-state index in [1.54, 1.807) is 4.90 Å². The first-order chi connectivity index (χ1) is 15.2. The van der Waals surface area contributed by atoms with Crippen molar-refractivity contribution < 1.29 is 14.3 Å². The van der Waals surface area contributed by atoms with Gasteiger partial charge in [0.15, 0.2) is 5.13 Å². The van der Waals surface area contributed by atoms with Gasteiger partial charge < -0.3 is 15.0 Å². The highest BCUT2D eigenvalue weighted by atomic mass is 35.5. The zero-order chi connectivity index (χ0) is 22.9. The van der Waals surface area contributed by atoms with Gasteiger partial charge in [-0.15, -0.1) is 11.3 Å². The van der Waals surface area contributed by atoms with Crippen LogP contribution < -0.4 is 5.32 Å². The molecule has 168 valence electrons. The molecular weight excluding hydrogens is 468 g/mol. The highest BCUT2D eigenvalue weighted by molar-refractivity contribution is 7.16. The second-order valence-electron chi connectivity index (χ2n) is 8.39. The predicted molar refractivity (Wildman–Crippen MR) is 127 cm³/mol. The van der Waals surface area contributed by atoms with Gasteiger partial charge in [0.05, 0.1) is 29.4 Å². The summed E-state index contributed by atoms with van der Waals surface area (Å²) in [7, 11) is 0. The Balaban J connectivity index is 1.37. The molecule has 0 unspecified atom stereocenters. The number of benzene rings is 1. The first-order valence-electron chi connectivity index (χ1n) is 10.1. The molecule has 1 aliphatic heterocycles. The Bertz CT molecular complexity index is 1150. The van der Waals surface area contributed by atoms with Gasteiger partial charge in [-0.1, -0.05) is 41.1 Å². The highest BCUT2D eigenvalue weighted by Crippen LogP contribution is 2.31. The number of nitrogens with zero attached hydrogens (tertiary/aromatic N) is 3. The van der Waals surface area contributed by atoms with Crippen molar-refractivity contribution in [3.63, 3.8) is 0 Å². The lowest BCUT2D eigenvalue weighted by atomic mass is 10.2. The average molecular weight is 491 g/mol. The summed E-state index contributed by atoms with van der Waals surface area (Å²) in [6.45, 7) is 6.52. The first kappa shape index (κ1) is 22.7. The topological polar surface area (TPSA) is 84.4 Å². The molecule has 0 spiro atoms. The smallest absolute Gasteiger partial charge is 0.410 e. The minimum absolute atomic E-state index is 0.148. The third-order valence-corrected chi connectivity index (χ3v) is 6.88. The summed E-state index contributed by atoms with van der Waals surface area (Å²) in [5, 5.41) is 6.68. The Labute approximate surface area is 199 Å². The van der Waals surface area contributed by atoms with Gasteiger partial charge in [0.2, 0.25) is 5.91 Å². The number of hydrogen-bond acceptors (Lipinski definition) is 7. The molecule has 0 atom stereocenters. The lowest BCUT2D eigenvalue weighted by Crippen LogP contribution is -2.39. The Morgan fingerprint density at radius 2 is 2.03 bits per heavy atom. The molecule has 3 heterocycles. The first-order valence-corrected chi connectivity index (χ1v) is 12.2. The van der Waals surface area contributed by atoms with Crippen LogP contribution in [-0.2, 0) is 28.9 Å². The lowest BCUT2D eigenvalue weighted by molar-refractivity contribution is -0.115. The van der Waals surface area contributed by atoms with Crippen molar-refractivity contribution >= 4 is 51.4 Å². The van der Waals surface area contributed by atoms with E-state index in [2.05, 4.69) is 15.3 Å². The quantitative estimate of drug-likeness (QED) is 0.529. The average Bonchev–Trinajstić information content (AvgIpc) is 3.32. The maximum Gasteiger partial charge on any atom is 0.410 e. The number of hydrogen-bond donors (Lipinski definition) is 1. The number of halogens is 1. The van der Waals surface area contributed by atoms with Crippen LogP contribution in [0, 0.1) is 0 Å². The molecular formula is C22H23ClN4O3S2. The molecule has 0 fully saturated rings. The highest BCUT2D eigenvalue weighted by Gasteiger charge is 2.28. The van der Waals surface area contributed by atoms with E-state index in [1.807, 2.05) is 50.4 Å². The molecule has 32 heavy (non-hydrogen) atoms. The molecule has 0 saturated heterocycles. The summed E-state index contributed by atoms with van der Waals surface area (Å²) in [5.74, 6) is -0.184. The molecule has 0 bridgehead atoms. The molecule has 2 aromatic heterocycles. The molecule has 0 radical (unpaired) electrons. The third kappa shape index (κ3) is 5.46. The minimum atomic E-state index is -0.536. The van der Waals surface area contributed by atoms with Gasteiger partial charge in [0.25, 0.3) is 0 Å². The van der Waals surface area contributed by atoms with E-state index >= 15 is 0 Å². The summed E-state index contributed by atoms with van der Waals surface area (Å²) in [5.41, 5.74) is 1.92. The summed E-state index contributed by atoms with van der Waals surface area (Å²) in [6.07, 6.45) is 0.448. The predicted octanol–water partition coefficient (Wildman–Crippen LogP) is 5.39. The summed E-state index contributed by atoms with van der Waals surface area (Å²) < 4.78 is 5.46. The Morgan fingerprint density at radius 1 is 1.25 bits per heavy atom. The standard InChI is InChI=1S/C22H23ClN4O3S2/c1-22(2,3)30-21(29)27-9-8-16-17(11-27)32-20(25-16)26-18(28)10-13-12-31-19(24-13)14-6-4-5-7-15(14)23/h4-7,12H,8-11H2,1-3H3,(H,25,26,28). The third-order valence-electron chi connectivity index (χ3n) is 4.63. The zero-order valence-electron chi connectivity index (χ0n) is 18.0. The Kier molecular flexibility index (Phi) is 6.50. The maximum atomic E-state index is 12.5. The minimum Gasteiger partial charge on any atom is -0.444 e. The van der Waals surface area contributed by atoms with Crippen LogP contribution >= 0.6 is 34.3 Å². The number of ether oxygens (including phenoxy) is 1. The second kappa shape index (κ2) is 9.17. The number of aromatic nitrogens is 2. The summed E-state index contributed by atoms with van der Waals surface area (Å²) in [4.78, 5) is 36.6. The van der Waals surface area contributed by atoms with E-state index in [1.165, 1.54) is 22.7 Å². The van der Waals surface area contributed by atoms with Gasteiger partial charge in [0, 0.05) is 28.8 Å². The number of amides is 2. The molecule has 4 rings (SSSR count). The van der Waals surface area contributed by atoms with Crippen LogP contribution in [0.15, 0.2) is 29.6 Å². The van der Waals surface area contributed by atoms with Gasteiger partial charge in [-0.05, 0) is 26.8 Å². The molecule has 2 amide bonds. The van der Waals surface area contributed by atoms with Crippen LogP contribution in [0.25, 0.3) is 10.6 Å². The fourth-order valence-electron chi connectivity index (χ4n) is 3.21. The van der Waals surface area contributed by atoms with Gasteiger partial charge in [-0.3, -0.25) is 4.79 Å². The van der Waals surface area contributed by atoms with E-state index < -0.39 is 5.60 Å². The molecule has 10 heteroatoms. The van der Waals surface area contributed by atoms with Crippen LogP contribution in [0.1, 0.15) is 37.0 Å². The largest absolute Gasteiger partial charge is 0.444 e. The van der Waals surface area contributed by atoms with Crippen molar-refractivity contribution in [1.82, 2.24) is 14.9 Å².